The molecule has 20 heavy (non-hydrogen) atoms. The molecule has 2 aromatic carbocycles. The predicted octanol–water partition coefficient (Wildman–Crippen LogP) is 5.05. The van der Waals surface area contributed by atoms with Crippen molar-refractivity contribution in [2.24, 2.45) is 0 Å². The minimum absolute atomic E-state index is 0.846. The SMILES string of the molecule is CCNCc1cccc(Cl)c1SCc1ccccc1C. The molecule has 0 spiro atoms. The molecule has 1 N–H and O–H groups in total. The second kappa shape index (κ2) is 7.72. The number of hydrogen-bond acceptors (Lipinski definition) is 2. The van der Waals surface area contributed by atoms with E-state index < -0.39 is 0 Å². The number of hydrogen-bond donors (Lipinski definition) is 1. The lowest BCUT2D eigenvalue weighted by atomic mass is 10.1. The van der Waals surface area contributed by atoms with Crippen molar-refractivity contribution in [3.05, 3.63) is 64.2 Å². The summed E-state index contributed by atoms with van der Waals surface area (Å²) in [6.07, 6.45) is 0. The van der Waals surface area contributed by atoms with Crippen LogP contribution in [0.25, 0.3) is 0 Å². The molecule has 0 amide bonds. The monoisotopic (exact) mass is 305 g/mol. The maximum absolute atomic E-state index is 6.37. The van der Waals surface area contributed by atoms with Crippen LogP contribution in [0, 0.1) is 6.92 Å². The lowest BCUT2D eigenvalue weighted by molar-refractivity contribution is 0.718. The Morgan fingerprint density at radius 3 is 2.55 bits per heavy atom. The highest BCUT2D eigenvalue weighted by atomic mass is 35.5. The second-order valence-corrected chi connectivity index (χ2v) is 6.12. The Hall–Kier alpha value is -0.960. The van der Waals surface area contributed by atoms with Gasteiger partial charge in [0, 0.05) is 17.2 Å². The largest absolute Gasteiger partial charge is 0.313 e. The van der Waals surface area contributed by atoms with Gasteiger partial charge in [-0.1, -0.05) is 54.9 Å². The molecule has 0 bridgehead atoms. The molecule has 0 aromatic heterocycles. The Morgan fingerprint density at radius 2 is 1.80 bits per heavy atom. The molecular formula is C17H20ClNS. The van der Waals surface area contributed by atoms with E-state index in [1.165, 1.54) is 21.6 Å². The van der Waals surface area contributed by atoms with Crippen molar-refractivity contribution in [3.63, 3.8) is 0 Å². The van der Waals surface area contributed by atoms with E-state index in [1.807, 2.05) is 23.9 Å². The summed E-state index contributed by atoms with van der Waals surface area (Å²) in [5.41, 5.74) is 3.98. The van der Waals surface area contributed by atoms with Gasteiger partial charge in [0.1, 0.15) is 0 Å². The van der Waals surface area contributed by atoms with E-state index in [0.29, 0.717) is 0 Å². The zero-order valence-electron chi connectivity index (χ0n) is 11.9. The van der Waals surface area contributed by atoms with Crippen LogP contribution in [-0.2, 0) is 12.3 Å². The number of aryl methyl sites for hydroxylation is 1. The predicted molar refractivity (Wildman–Crippen MR) is 89.6 cm³/mol. The summed E-state index contributed by atoms with van der Waals surface area (Å²) >= 11 is 8.19. The van der Waals surface area contributed by atoms with Crippen LogP contribution in [-0.4, -0.2) is 6.54 Å². The van der Waals surface area contributed by atoms with E-state index in [0.717, 1.165) is 23.9 Å². The van der Waals surface area contributed by atoms with Gasteiger partial charge >= 0.3 is 0 Å². The number of halogens is 1. The van der Waals surface area contributed by atoms with E-state index in [9.17, 15) is 0 Å². The highest BCUT2D eigenvalue weighted by Crippen LogP contribution is 2.33. The fraction of sp³-hybridized carbons (Fsp3) is 0.294. The van der Waals surface area contributed by atoms with Gasteiger partial charge in [-0.15, -0.1) is 11.8 Å². The first kappa shape index (κ1) is 15.4. The van der Waals surface area contributed by atoms with E-state index in [1.54, 1.807) is 0 Å². The number of nitrogens with one attached hydrogen (secondary N) is 1. The zero-order chi connectivity index (χ0) is 14.4. The zero-order valence-corrected chi connectivity index (χ0v) is 13.5. The van der Waals surface area contributed by atoms with Crippen LogP contribution in [0.1, 0.15) is 23.6 Å². The van der Waals surface area contributed by atoms with Crippen LogP contribution in [0.4, 0.5) is 0 Å². The molecule has 0 saturated heterocycles. The summed E-state index contributed by atoms with van der Waals surface area (Å²) in [5, 5.41) is 4.22. The van der Waals surface area contributed by atoms with E-state index in [-0.39, 0.29) is 0 Å². The first-order chi connectivity index (χ1) is 9.72. The summed E-state index contributed by atoms with van der Waals surface area (Å²) in [7, 11) is 0. The standard InChI is InChI=1S/C17H20ClNS/c1-3-19-11-14-9-6-10-16(18)17(14)20-12-15-8-5-4-7-13(15)2/h4-10,19H,3,11-12H2,1-2H3. The highest BCUT2D eigenvalue weighted by molar-refractivity contribution is 7.98. The van der Waals surface area contributed by atoms with Crippen LogP contribution < -0.4 is 5.32 Å². The average Bonchev–Trinajstić information content (AvgIpc) is 2.45. The number of rotatable bonds is 6. The third-order valence-corrected chi connectivity index (χ3v) is 4.90. The normalized spacial score (nSPS) is 10.8. The quantitative estimate of drug-likeness (QED) is 0.749. The fourth-order valence-corrected chi connectivity index (χ4v) is 3.55. The molecule has 0 atom stereocenters. The van der Waals surface area contributed by atoms with Crippen molar-refractivity contribution in [1.82, 2.24) is 5.32 Å². The van der Waals surface area contributed by atoms with Crippen molar-refractivity contribution in [2.75, 3.05) is 6.54 Å². The molecule has 3 heteroatoms. The number of benzene rings is 2. The molecule has 0 radical (unpaired) electrons. The lowest BCUT2D eigenvalue weighted by Gasteiger charge is -2.12. The van der Waals surface area contributed by atoms with Crippen molar-refractivity contribution in [3.8, 4) is 0 Å². The maximum atomic E-state index is 6.37. The Kier molecular flexibility index (Phi) is 5.96. The molecule has 0 saturated carbocycles. The van der Waals surface area contributed by atoms with E-state index in [2.05, 4.69) is 49.5 Å². The molecule has 2 rings (SSSR count). The summed E-state index contributed by atoms with van der Waals surface area (Å²) < 4.78 is 0. The van der Waals surface area contributed by atoms with Gasteiger partial charge in [-0.2, -0.15) is 0 Å². The smallest absolute Gasteiger partial charge is 0.0545 e. The first-order valence-electron chi connectivity index (χ1n) is 6.87. The van der Waals surface area contributed by atoms with Gasteiger partial charge in [-0.05, 0) is 36.2 Å². The molecule has 2 aromatic rings. The molecule has 0 heterocycles. The third-order valence-electron chi connectivity index (χ3n) is 3.25. The van der Waals surface area contributed by atoms with E-state index in [4.69, 9.17) is 11.6 Å². The maximum Gasteiger partial charge on any atom is 0.0545 e. The van der Waals surface area contributed by atoms with Gasteiger partial charge in [0.05, 0.1) is 5.02 Å². The molecule has 106 valence electrons. The molecular weight excluding hydrogens is 286 g/mol. The molecule has 1 nitrogen and oxygen atoms in total. The van der Waals surface area contributed by atoms with Crippen molar-refractivity contribution in [1.29, 1.82) is 0 Å². The topological polar surface area (TPSA) is 12.0 Å². The van der Waals surface area contributed by atoms with Crippen LogP contribution in [0.15, 0.2) is 47.4 Å². The molecule has 0 aliphatic rings. The second-order valence-electron chi connectivity index (χ2n) is 4.72. The Morgan fingerprint density at radius 1 is 1.05 bits per heavy atom. The van der Waals surface area contributed by atoms with Crippen LogP contribution in [0.3, 0.4) is 0 Å². The molecule has 0 unspecified atom stereocenters. The summed E-state index contributed by atoms with van der Waals surface area (Å²) in [6, 6.07) is 14.6. The van der Waals surface area contributed by atoms with Crippen molar-refractivity contribution < 1.29 is 0 Å². The van der Waals surface area contributed by atoms with E-state index >= 15 is 0 Å². The highest BCUT2D eigenvalue weighted by Gasteiger charge is 2.08. The third kappa shape index (κ3) is 4.02. The van der Waals surface area contributed by atoms with Gasteiger partial charge in [0.25, 0.3) is 0 Å². The van der Waals surface area contributed by atoms with Crippen LogP contribution >= 0.6 is 23.4 Å². The summed E-state index contributed by atoms with van der Waals surface area (Å²) in [6.45, 7) is 6.11. The van der Waals surface area contributed by atoms with Crippen molar-refractivity contribution >= 4 is 23.4 Å². The number of thioether (sulfide) groups is 1. The Balaban J connectivity index is 2.14. The minimum Gasteiger partial charge on any atom is -0.313 e. The van der Waals surface area contributed by atoms with Gasteiger partial charge in [-0.25, -0.2) is 0 Å². The molecule has 0 aliphatic carbocycles. The Bertz CT molecular complexity index is 569. The van der Waals surface area contributed by atoms with Gasteiger partial charge in [0.2, 0.25) is 0 Å². The fourth-order valence-electron chi connectivity index (χ4n) is 2.04. The van der Waals surface area contributed by atoms with Gasteiger partial charge < -0.3 is 5.32 Å². The van der Waals surface area contributed by atoms with Crippen LogP contribution in [0.5, 0.6) is 0 Å². The van der Waals surface area contributed by atoms with Gasteiger partial charge in [-0.3, -0.25) is 0 Å². The molecule has 0 fully saturated rings. The van der Waals surface area contributed by atoms with Crippen molar-refractivity contribution in [2.45, 2.75) is 31.0 Å². The lowest BCUT2D eigenvalue weighted by Crippen LogP contribution is -2.12. The summed E-state index contributed by atoms with van der Waals surface area (Å²) in [4.78, 5) is 1.19. The van der Waals surface area contributed by atoms with Gasteiger partial charge in [0.15, 0.2) is 0 Å². The average molecular weight is 306 g/mol. The first-order valence-corrected chi connectivity index (χ1v) is 8.24. The van der Waals surface area contributed by atoms with Crippen LogP contribution in [0.2, 0.25) is 5.02 Å². The molecule has 0 aliphatic heterocycles. The summed E-state index contributed by atoms with van der Waals surface area (Å²) in [5.74, 6) is 0.954. The minimum atomic E-state index is 0.846. The Labute approximate surface area is 130 Å².